The lowest BCUT2D eigenvalue weighted by molar-refractivity contribution is -0.114. The van der Waals surface area contributed by atoms with Gasteiger partial charge in [-0.05, 0) is 92.4 Å². The van der Waals surface area contributed by atoms with E-state index in [-0.39, 0.29) is 22.5 Å². The molecule has 4 fully saturated rings. The average Bonchev–Trinajstić information content (AvgIpc) is 3.03. The molecule has 170 valence electrons. The summed E-state index contributed by atoms with van der Waals surface area (Å²) in [5.74, 6) is 1.62. The SMILES string of the molecule is CC1=NN(c2ccc(C34CC5CC(CC(C5)C3)C4)cc2)C(=O)/C1=C/c1c(O)[nH]c(=O)[nH]c1=O. The van der Waals surface area contributed by atoms with Crippen molar-refractivity contribution in [3.8, 4) is 5.88 Å². The van der Waals surface area contributed by atoms with Crippen molar-refractivity contribution in [2.75, 3.05) is 5.01 Å². The highest BCUT2D eigenvalue weighted by Gasteiger charge is 2.51. The van der Waals surface area contributed by atoms with Gasteiger partial charge < -0.3 is 5.11 Å². The first-order chi connectivity index (χ1) is 15.8. The third-order valence-electron chi connectivity index (χ3n) is 8.07. The Morgan fingerprint density at radius 1 is 1.00 bits per heavy atom. The molecule has 8 heteroatoms. The highest BCUT2D eigenvalue weighted by atomic mass is 16.3. The van der Waals surface area contributed by atoms with E-state index in [0.717, 1.165) is 17.8 Å². The van der Waals surface area contributed by atoms with Crippen LogP contribution in [0.3, 0.4) is 0 Å². The summed E-state index contributed by atoms with van der Waals surface area (Å²) >= 11 is 0. The van der Waals surface area contributed by atoms with Crippen LogP contribution < -0.4 is 16.3 Å². The molecule has 1 aromatic heterocycles. The van der Waals surface area contributed by atoms with Crippen molar-refractivity contribution < 1.29 is 9.90 Å². The molecule has 0 radical (unpaired) electrons. The van der Waals surface area contributed by atoms with Crippen LogP contribution in [-0.4, -0.2) is 26.7 Å². The Morgan fingerprint density at radius 2 is 1.61 bits per heavy atom. The van der Waals surface area contributed by atoms with Crippen LogP contribution in [0.5, 0.6) is 5.88 Å². The van der Waals surface area contributed by atoms with Crippen molar-refractivity contribution in [3.63, 3.8) is 0 Å². The van der Waals surface area contributed by atoms with Crippen LogP contribution >= 0.6 is 0 Å². The molecule has 1 aromatic carbocycles. The van der Waals surface area contributed by atoms with Gasteiger partial charge in [-0.1, -0.05) is 12.1 Å². The molecule has 4 bridgehead atoms. The van der Waals surface area contributed by atoms with Crippen molar-refractivity contribution in [1.29, 1.82) is 0 Å². The van der Waals surface area contributed by atoms with Gasteiger partial charge in [-0.15, -0.1) is 0 Å². The Kier molecular flexibility index (Phi) is 4.31. The number of amides is 1. The second kappa shape index (κ2) is 7.04. The first-order valence-corrected chi connectivity index (χ1v) is 11.6. The minimum Gasteiger partial charge on any atom is -0.494 e. The molecule has 2 heterocycles. The minimum absolute atomic E-state index is 0.188. The molecular formula is C25H26N4O4. The number of H-pyrrole nitrogens is 2. The summed E-state index contributed by atoms with van der Waals surface area (Å²) in [6.07, 6.45) is 9.30. The van der Waals surface area contributed by atoms with Crippen LogP contribution in [0.4, 0.5) is 5.69 Å². The fourth-order valence-corrected chi connectivity index (χ4v) is 7.04. The highest BCUT2D eigenvalue weighted by Crippen LogP contribution is 2.60. The quantitative estimate of drug-likeness (QED) is 0.628. The molecule has 1 amide bonds. The number of hydrogen-bond acceptors (Lipinski definition) is 5. The lowest BCUT2D eigenvalue weighted by Gasteiger charge is -2.57. The zero-order valence-corrected chi connectivity index (χ0v) is 18.4. The molecule has 4 aliphatic carbocycles. The molecular weight excluding hydrogens is 420 g/mol. The maximum Gasteiger partial charge on any atom is 0.328 e. The van der Waals surface area contributed by atoms with E-state index in [0.29, 0.717) is 11.4 Å². The maximum absolute atomic E-state index is 13.1. The normalized spacial score (nSPS) is 31.5. The van der Waals surface area contributed by atoms with E-state index >= 15 is 0 Å². The Labute approximate surface area is 190 Å². The maximum atomic E-state index is 13.1. The fraction of sp³-hybridized carbons (Fsp3) is 0.440. The van der Waals surface area contributed by atoms with E-state index in [9.17, 15) is 19.5 Å². The Hall–Kier alpha value is -3.42. The zero-order valence-electron chi connectivity index (χ0n) is 18.4. The third kappa shape index (κ3) is 3.19. The van der Waals surface area contributed by atoms with Crippen LogP contribution in [0.15, 0.2) is 44.5 Å². The van der Waals surface area contributed by atoms with Crippen molar-refractivity contribution in [2.24, 2.45) is 22.9 Å². The van der Waals surface area contributed by atoms with Gasteiger partial charge in [0.15, 0.2) is 0 Å². The van der Waals surface area contributed by atoms with Crippen molar-refractivity contribution in [1.82, 2.24) is 9.97 Å². The van der Waals surface area contributed by atoms with Gasteiger partial charge in [-0.3, -0.25) is 19.6 Å². The second-order valence-corrected chi connectivity index (χ2v) is 10.3. The van der Waals surface area contributed by atoms with Gasteiger partial charge in [-0.25, -0.2) is 4.79 Å². The standard InChI is InChI=1S/C25H26N4O4/c1-13-19(9-20-21(30)26-24(33)27-22(20)31)23(32)29(28-13)18-4-2-17(3-5-18)25-10-14-6-15(11-25)8-16(7-14)12-25/h2-5,9,14-16H,6-8,10-12H2,1H3,(H3,26,27,30,31,33)/b19-9+. The van der Waals surface area contributed by atoms with Crippen molar-refractivity contribution in [3.05, 3.63) is 61.8 Å². The number of carbonyl (C=O) groups is 1. The van der Waals surface area contributed by atoms with E-state index in [1.807, 2.05) is 12.1 Å². The van der Waals surface area contributed by atoms with Crippen molar-refractivity contribution >= 4 is 23.4 Å². The lowest BCUT2D eigenvalue weighted by atomic mass is 9.48. The topological polar surface area (TPSA) is 119 Å². The molecule has 33 heavy (non-hydrogen) atoms. The van der Waals surface area contributed by atoms with E-state index in [4.69, 9.17) is 0 Å². The average molecular weight is 447 g/mol. The first-order valence-electron chi connectivity index (χ1n) is 11.6. The number of nitrogens with zero attached hydrogens (tertiary/aromatic N) is 2. The van der Waals surface area contributed by atoms with Crippen LogP contribution in [0, 0.1) is 17.8 Å². The number of aromatic hydroxyl groups is 1. The number of rotatable bonds is 3. The van der Waals surface area contributed by atoms with Gasteiger partial charge in [0.25, 0.3) is 11.5 Å². The summed E-state index contributed by atoms with van der Waals surface area (Å²) in [5.41, 5.74) is 1.16. The van der Waals surface area contributed by atoms with Gasteiger partial charge in [0, 0.05) is 0 Å². The zero-order chi connectivity index (χ0) is 22.9. The van der Waals surface area contributed by atoms with E-state index < -0.39 is 17.1 Å². The molecule has 2 aromatic rings. The number of anilines is 1. The van der Waals surface area contributed by atoms with Gasteiger partial charge >= 0.3 is 5.69 Å². The Balaban J connectivity index is 1.28. The summed E-state index contributed by atoms with van der Waals surface area (Å²) in [7, 11) is 0. The molecule has 0 spiro atoms. The van der Waals surface area contributed by atoms with Gasteiger partial charge in [0.1, 0.15) is 5.56 Å². The van der Waals surface area contributed by atoms with Gasteiger partial charge in [0.05, 0.1) is 17.0 Å². The third-order valence-corrected chi connectivity index (χ3v) is 8.07. The predicted octanol–water partition coefficient (Wildman–Crippen LogP) is 3.04. The predicted molar refractivity (Wildman–Crippen MR) is 124 cm³/mol. The molecule has 3 N–H and O–H groups in total. The summed E-state index contributed by atoms with van der Waals surface area (Å²) in [5, 5.41) is 15.7. The van der Waals surface area contributed by atoms with Gasteiger partial charge in [0.2, 0.25) is 5.88 Å². The molecule has 0 atom stereocenters. The number of benzene rings is 1. The Morgan fingerprint density at radius 3 is 2.18 bits per heavy atom. The van der Waals surface area contributed by atoms with E-state index in [2.05, 4.69) is 27.2 Å². The number of aromatic amines is 2. The lowest BCUT2D eigenvalue weighted by Crippen LogP contribution is -2.48. The summed E-state index contributed by atoms with van der Waals surface area (Å²) in [6.45, 7) is 1.67. The van der Waals surface area contributed by atoms with Gasteiger partial charge in [-0.2, -0.15) is 10.1 Å². The van der Waals surface area contributed by atoms with Crippen LogP contribution in [0.25, 0.3) is 6.08 Å². The number of hydrogen-bond donors (Lipinski definition) is 3. The smallest absolute Gasteiger partial charge is 0.328 e. The number of nitrogens with one attached hydrogen (secondary N) is 2. The summed E-state index contributed by atoms with van der Waals surface area (Å²) in [4.78, 5) is 40.6. The molecule has 7 rings (SSSR count). The molecule has 4 saturated carbocycles. The number of carbonyl (C=O) groups excluding carboxylic acids is 1. The molecule has 0 saturated heterocycles. The summed E-state index contributed by atoms with van der Waals surface area (Å²) < 4.78 is 0. The minimum atomic E-state index is -0.816. The van der Waals surface area contributed by atoms with E-state index in [1.54, 1.807) is 6.92 Å². The fourth-order valence-electron chi connectivity index (χ4n) is 7.04. The van der Waals surface area contributed by atoms with Crippen LogP contribution in [0.1, 0.15) is 56.6 Å². The molecule has 5 aliphatic rings. The van der Waals surface area contributed by atoms with Crippen LogP contribution in [0.2, 0.25) is 0 Å². The molecule has 0 unspecified atom stereocenters. The monoisotopic (exact) mass is 446 g/mol. The van der Waals surface area contributed by atoms with Crippen molar-refractivity contribution in [2.45, 2.75) is 50.9 Å². The molecule has 8 nitrogen and oxygen atoms in total. The number of aromatic nitrogens is 2. The Bertz CT molecular complexity index is 1300. The largest absolute Gasteiger partial charge is 0.494 e. The molecule has 1 aliphatic heterocycles. The number of hydrazone groups is 1. The second-order valence-electron chi connectivity index (χ2n) is 10.3. The summed E-state index contributed by atoms with van der Waals surface area (Å²) in [6, 6.07) is 8.22. The highest BCUT2D eigenvalue weighted by molar-refractivity contribution is 6.32. The van der Waals surface area contributed by atoms with E-state index in [1.165, 1.54) is 55.2 Å². The first kappa shape index (κ1) is 20.2. The van der Waals surface area contributed by atoms with Crippen LogP contribution in [-0.2, 0) is 10.2 Å².